The lowest BCUT2D eigenvalue weighted by Gasteiger charge is -2.47. The maximum Gasteiger partial charge on any atom is 0.324 e. The van der Waals surface area contributed by atoms with Gasteiger partial charge in [0, 0.05) is 43.5 Å². The highest BCUT2D eigenvalue weighted by Crippen LogP contribution is 2.67. The molecule has 1 spiro atoms. The average molecular weight is 960 g/mol. The lowest BCUT2D eigenvalue weighted by Crippen LogP contribution is -2.57. The molecule has 0 radical (unpaired) electrons. The molecule has 4 saturated heterocycles. The van der Waals surface area contributed by atoms with Gasteiger partial charge in [-0.1, -0.05) is 109 Å². The van der Waals surface area contributed by atoms with Crippen LogP contribution in [0, 0.1) is 17.3 Å². The maximum atomic E-state index is 16.6. The van der Waals surface area contributed by atoms with Gasteiger partial charge in [0.05, 0.1) is 49.3 Å². The van der Waals surface area contributed by atoms with Crippen LogP contribution >= 0.6 is 0 Å². The van der Waals surface area contributed by atoms with Crippen molar-refractivity contribution < 1.29 is 43.3 Å². The van der Waals surface area contributed by atoms with E-state index in [0.717, 1.165) is 28.8 Å². The summed E-state index contributed by atoms with van der Waals surface area (Å²) in [5, 5.41) is 18.4. The molecular weight excluding hydrogens is 903 g/mol. The number of rotatable bonds is 13. The number of aliphatic hydroxyl groups is 1. The second-order valence-electron chi connectivity index (χ2n) is 18.5. The van der Waals surface area contributed by atoms with Crippen molar-refractivity contribution in [2.75, 3.05) is 56.3 Å². The smallest absolute Gasteiger partial charge is 0.324 e. The van der Waals surface area contributed by atoms with Crippen molar-refractivity contribution in [1.29, 1.82) is 0 Å². The van der Waals surface area contributed by atoms with Crippen LogP contribution in [0.5, 0.6) is 5.75 Å². The number of morpholine rings is 2. The van der Waals surface area contributed by atoms with E-state index in [1.54, 1.807) is 36.4 Å². The fourth-order valence-corrected chi connectivity index (χ4v) is 11.5. The molecule has 0 aromatic heterocycles. The van der Waals surface area contributed by atoms with Crippen LogP contribution in [0.1, 0.15) is 41.7 Å². The van der Waals surface area contributed by atoms with Gasteiger partial charge in [-0.2, -0.15) is 0 Å². The molecule has 4 aliphatic heterocycles. The number of carbonyl (C=O) groups excluding carboxylic acids is 5. The number of nitrogens with zero attached hydrogens (tertiary/aromatic N) is 3. The Morgan fingerprint density at radius 1 is 0.817 bits per heavy atom. The third kappa shape index (κ3) is 8.98. The number of hydrogen-bond donors (Lipinski definition) is 5. The zero-order chi connectivity index (χ0) is 49.1. The number of imide groups is 1. The summed E-state index contributed by atoms with van der Waals surface area (Å²) >= 11 is 0. The molecule has 0 saturated carbocycles. The minimum atomic E-state index is -1.92. The lowest BCUT2D eigenvalue weighted by atomic mass is 9.60. The van der Waals surface area contributed by atoms with E-state index in [9.17, 15) is 14.7 Å². The number of fused-ring (bicyclic) bond motifs is 3. The monoisotopic (exact) mass is 959 g/mol. The van der Waals surface area contributed by atoms with Gasteiger partial charge >= 0.3 is 18.0 Å². The highest BCUT2D eigenvalue weighted by atomic mass is 16.6. The number of esters is 1. The maximum absolute atomic E-state index is 16.6. The molecule has 6 amide bonds. The second kappa shape index (κ2) is 20.4. The van der Waals surface area contributed by atoms with Crippen LogP contribution in [0.2, 0.25) is 0 Å². The standard InChI is InChI=1S/C55H57N7O9/c56-53(67)57-34-36-16-25-44-43(32-36)55(52(66)61(44)54(68)58-33-35-10-4-1-5-11-35)45(50(64)59-40-19-21-41(22-20-40)60-26-29-69-30-27-60)47-51(65)71-48(38-14-8-3-9-15-38)46(37-12-6-2-7-13-37)62(47)49(55)39-17-23-42(24-18-39)70-31-28-63/h1,3-6,8-25,32,43-49,63H,2,7,26-31,33-34H2,(H,58,68)(H,59,64)(H3,56,57,67)/t43?,44?,45-,46-,47-,48+,49+,55-/m1/s1. The van der Waals surface area contributed by atoms with Crippen molar-refractivity contribution in [3.05, 3.63) is 173 Å². The summed E-state index contributed by atoms with van der Waals surface area (Å²) in [4.78, 5) is 80.7. The number of benzene rings is 4. The van der Waals surface area contributed by atoms with Crippen LogP contribution in [0.25, 0.3) is 0 Å². The van der Waals surface area contributed by atoms with Gasteiger partial charge in [-0.25, -0.2) is 9.59 Å². The van der Waals surface area contributed by atoms with Crippen LogP contribution in [-0.4, -0.2) is 109 Å². The van der Waals surface area contributed by atoms with Crippen molar-refractivity contribution in [2.24, 2.45) is 23.0 Å². The van der Waals surface area contributed by atoms with Gasteiger partial charge in [0.25, 0.3) is 0 Å². The largest absolute Gasteiger partial charge is 0.491 e. The molecule has 4 fully saturated rings. The normalized spacial score (nSPS) is 26.7. The number of likely N-dealkylation sites (tertiary alicyclic amines) is 1. The number of ether oxygens (including phenoxy) is 3. The van der Waals surface area contributed by atoms with Gasteiger partial charge < -0.3 is 45.9 Å². The number of nitrogens with two attached hydrogens (primary N) is 1. The first kappa shape index (κ1) is 47.2. The highest BCUT2D eigenvalue weighted by molar-refractivity contribution is 6.08. The first-order chi connectivity index (χ1) is 34.7. The van der Waals surface area contributed by atoms with Crippen molar-refractivity contribution in [2.45, 2.75) is 49.7 Å². The molecule has 10 rings (SSSR count). The van der Waals surface area contributed by atoms with Crippen molar-refractivity contribution >= 4 is 41.2 Å². The number of aliphatic hydroxyl groups excluding tert-OH is 1. The number of nitrogens with one attached hydrogen (secondary N) is 3. The molecule has 16 heteroatoms. The molecule has 16 nitrogen and oxygen atoms in total. The van der Waals surface area contributed by atoms with Crippen LogP contribution in [0.15, 0.2) is 157 Å². The molecule has 366 valence electrons. The molecule has 2 unspecified atom stereocenters. The van der Waals surface area contributed by atoms with Crippen LogP contribution < -0.4 is 31.3 Å². The fraction of sp³-hybridized carbons (Fsp3) is 0.327. The number of cyclic esters (lactones) is 1. The van der Waals surface area contributed by atoms with Gasteiger partial charge in [0.2, 0.25) is 11.8 Å². The van der Waals surface area contributed by atoms with E-state index in [4.69, 9.17) is 19.9 Å². The summed E-state index contributed by atoms with van der Waals surface area (Å²) < 4.78 is 18.1. The molecular formula is C55H57N7O9. The van der Waals surface area contributed by atoms with Crippen LogP contribution in [0.3, 0.4) is 0 Å². The summed E-state index contributed by atoms with van der Waals surface area (Å²) in [7, 11) is 0. The Morgan fingerprint density at radius 3 is 2.24 bits per heavy atom. The zero-order valence-electron chi connectivity index (χ0n) is 39.1. The molecule has 8 atom stereocenters. The third-order valence-electron chi connectivity index (χ3n) is 14.5. The Bertz CT molecular complexity index is 2760. The summed E-state index contributed by atoms with van der Waals surface area (Å²) in [6.07, 6.45) is 12.2. The Labute approximate surface area is 411 Å². The molecule has 0 bridgehead atoms. The Balaban J connectivity index is 1.19. The summed E-state index contributed by atoms with van der Waals surface area (Å²) in [6, 6.07) is 27.7. The Hall–Kier alpha value is -7.53. The molecule has 4 aromatic rings. The van der Waals surface area contributed by atoms with E-state index in [2.05, 4.69) is 33.0 Å². The van der Waals surface area contributed by atoms with Gasteiger partial charge in [0.1, 0.15) is 24.5 Å². The molecule has 4 heterocycles. The van der Waals surface area contributed by atoms with Crippen LogP contribution in [-0.2, 0) is 30.4 Å². The predicted molar refractivity (Wildman–Crippen MR) is 265 cm³/mol. The Morgan fingerprint density at radius 2 is 1.55 bits per heavy atom. The zero-order valence-corrected chi connectivity index (χ0v) is 39.1. The lowest BCUT2D eigenvalue weighted by molar-refractivity contribution is -0.174. The van der Waals surface area contributed by atoms with E-state index in [1.807, 2.05) is 102 Å². The highest BCUT2D eigenvalue weighted by Gasteiger charge is 2.78. The number of urea groups is 2. The minimum Gasteiger partial charge on any atom is -0.491 e. The van der Waals surface area contributed by atoms with E-state index in [0.29, 0.717) is 55.3 Å². The van der Waals surface area contributed by atoms with E-state index >= 15 is 14.4 Å². The number of allylic oxidation sites excluding steroid dienone is 2. The number of anilines is 2. The van der Waals surface area contributed by atoms with Crippen molar-refractivity contribution in [1.82, 2.24) is 20.4 Å². The Kier molecular flexibility index (Phi) is 13.6. The van der Waals surface area contributed by atoms with Crippen LogP contribution in [0.4, 0.5) is 21.0 Å². The topological polar surface area (TPSA) is 205 Å². The number of hydrogen-bond acceptors (Lipinski definition) is 11. The van der Waals surface area contributed by atoms with Crippen molar-refractivity contribution in [3.8, 4) is 5.75 Å². The second-order valence-corrected chi connectivity index (χ2v) is 18.5. The van der Waals surface area contributed by atoms with E-state index in [-0.39, 0.29) is 26.3 Å². The minimum absolute atomic E-state index is 0.0149. The first-order valence-electron chi connectivity index (χ1n) is 24.2. The average Bonchev–Trinajstić information content (AvgIpc) is 3.86. The van der Waals surface area contributed by atoms with Gasteiger partial charge in [0.15, 0.2) is 0 Å². The number of carbonyl (C=O) groups is 5. The SMILES string of the molecule is NC(=O)NCC1=CC2C(C=C1)N(C(=O)NCc1ccccc1)C(=O)[C@]21[C@H](c2ccc(OCCO)cc2)N2[C@H](C3=CCCC=C3)[C@H](c3ccccc3)OC(=O)[C@H]2[C@@H]1C(=O)Nc1ccc(N2CCOCC2)cc1. The summed E-state index contributed by atoms with van der Waals surface area (Å²) in [5.41, 5.74) is 8.58. The van der Waals surface area contributed by atoms with Gasteiger partial charge in [-0.15, -0.1) is 0 Å². The first-order valence-corrected chi connectivity index (χ1v) is 24.2. The van der Waals surface area contributed by atoms with E-state index in [1.165, 1.54) is 4.90 Å². The van der Waals surface area contributed by atoms with Gasteiger partial charge in [-0.3, -0.25) is 24.2 Å². The predicted octanol–water partition coefficient (Wildman–Crippen LogP) is 5.71. The summed E-state index contributed by atoms with van der Waals surface area (Å²) in [6.45, 7) is 2.52. The molecule has 6 N–H and O–H groups in total. The molecule has 6 aliphatic rings. The quantitative estimate of drug-likeness (QED) is 0.103. The molecule has 4 aromatic carbocycles. The third-order valence-corrected chi connectivity index (χ3v) is 14.5. The summed E-state index contributed by atoms with van der Waals surface area (Å²) in [5.74, 6) is -3.99. The molecule has 71 heavy (non-hydrogen) atoms. The number of primary amides is 1. The fourth-order valence-electron chi connectivity index (χ4n) is 11.5. The van der Waals surface area contributed by atoms with Gasteiger partial charge in [-0.05, 0) is 77.1 Å². The van der Waals surface area contributed by atoms with Crippen molar-refractivity contribution in [3.63, 3.8) is 0 Å². The molecule has 2 aliphatic carbocycles. The van der Waals surface area contributed by atoms with E-state index < -0.39 is 77.4 Å². The number of amides is 6.